The zero-order chi connectivity index (χ0) is 20.3. The van der Waals surface area contributed by atoms with Crippen molar-refractivity contribution in [2.45, 2.75) is 19.9 Å². The van der Waals surface area contributed by atoms with Crippen LogP contribution in [0.25, 0.3) is 10.9 Å². The molecule has 0 unspecified atom stereocenters. The Morgan fingerprint density at radius 1 is 1.11 bits per heavy atom. The average Bonchev–Trinajstić information content (AvgIpc) is 2.63. The Balaban J connectivity index is 2.04. The molecule has 0 bridgehead atoms. The van der Waals surface area contributed by atoms with E-state index in [1.807, 2.05) is 24.3 Å². The van der Waals surface area contributed by atoms with E-state index in [2.05, 4.69) is 5.32 Å². The number of aromatic carboxylic acids is 1. The molecule has 7 nitrogen and oxygen atoms in total. The van der Waals surface area contributed by atoms with Crippen LogP contribution >= 0.6 is 0 Å². The molecule has 1 heterocycles. The van der Waals surface area contributed by atoms with Crippen molar-refractivity contribution in [3.63, 3.8) is 0 Å². The highest BCUT2D eigenvalue weighted by Gasteiger charge is 2.15. The van der Waals surface area contributed by atoms with E-state index in [9.17, 15) is 24.6 Å². The van der Waals surface area contributed by atoms with E-state index in [4.69, 9.17) is 0 Å². The maximum absolute atomic E-state index is 12.6. The second-order valence-corrected chi connectivity index (χ2v) is 6.50. The molecule has 3 aromatic rings. The summed E-state index contributed by atoms with van der Waals surface area (Å²) in [6.07, 6.45) is 1.78. The fourth-order valence-electron chi connectivity index (χ4n) is 3.20. The van der Waals surface area contributed by atoms with Gasteiger partial charge in [0, 0.05) is 30.7 Å². The minimum absolute atomic E-state index is 0.159. The van der Waals surface area contributed by atoms with E-state index < -0.39 is 11.4 Å². The van der Waals surface area contributed by atoms with Gasteiger partial charge in [0.15, 0.2) is 0 Å². The van der Waals surface area contributed by atoms with Crippen molar-refractivity contribution in [1.29, 1.82) is 0 Å². The first-order valence-corrected chi connectivity index (χ1v) is 8.76. The number of amides is 1. The molecule has 7 heteroatoms. The molecule has 28 heavy (non-hydrogen) atoms. The van der Waals surface area contributed by atoms with Gasteiger partial charge < -0.3 is 20.1 Å². The Kier molecular flexibility index (Phi) is 5.56. The number of carbonyl (C=O) groups is 2. The summed E-state index contributed by atoms with van der Waals surface area (Å²) in [5.74, 6) is -1.46. The minimum Gasteiger partial charge on any atom is -0.477 e. The molecule has 0 aliphatic carbocycles. The van der Waals surface area contributed by atoms with Crippen molar-refractivity contribution in [2.75, 3.05) is 11.9 Å². The number of hydrogen-bond acceptors (Lipinski definition) is 4. The van der Waals surface area contributed by atoms with Gasteiger partial charge in [-0.1, -0.05) is 18.2 Å². The van der Waals surface area contributed by atoms with Gasteiger partial charge in [0.25, 0.3) is 0 Å². The number of carboxylic acid groups (broad SMARTS) is 1. The Bertz CT molecular complexity index is 1120. The number of carboxylic acids is 1. The molecule has 144 valence electrons. The molecular weight excluding hydrogens is 360 g/mol. The summed E-state index contributed by atoms with van der Waals surface area (Å²) in [6, 6.07) is 12.7. The third-order valence-corrected chi connectivity index (χ3v) is 4.37. The standard InChI is InChI=1S/C21H20N2O5/c1-13(25)22-16-4-2-3-14(10-16)9-15-5-6-19-17(11-15)20(26)18(21(27)28)12-23(19)7-8-24/h2-6,10-12,24H,7-9H2,1H3,(H,22,25)(H,27,28). The molecule has 1 amide bonds. The largest absolute Gasteiger partial charge is 0.477 e. The Morgan fingerprint density at radius 2 is 1.86 bits per heavy atom. The fraction of sp³-hybridized carbons (Fsp3) is 0.190. The molecule has 0 spiro atoms. The van der Waals surface area contributed by atoms with Gasteiger partial charge >= 0.3 is 5.97 Å². The number of hydrogen-bond donors (Lipinski definition) is 3. The third-order valence-electron chi connectivity index (χ3n) is 4.37. The summed E-state index contributed by atoms with van der Waals surface area (Å²) >= 11 is 0. The Morgan fingerprint density at radius 3 is 2.54 bits per heavy atom. The van der Waals surface area contributed by atoms with E-state index in [1.165, 1.54) is 13.1 Å². The molecule has 0 radical (unpaired) electrons. The number of anilines is 1. The van der Waals surface area contributed by atoms with Crippen LogP contribution in [-0.2, 0) is 17.8 Å². The van der Waals surface area contributed by atoms with Gasteiger partial charge in [0.1, 0.15) is 5.56 Å². The smallest absolute Gasteiger partial charge is 0.341 e. The topological polar surface area (TPSA) is 109 Å². The number of benzene rings is 2. The summed E-state index contributed by atoms with van der Waals surface area (Å²) in [5, 5.41) is 21.6. The molecule has 0 atom stereocenters. The summed E-state index contributed by atoms with van der Waals surface area (Å²) in [7, 11) is 0. The minimum atomic E-state index is -1.30. The lowest BCUT2D eigenvalue weighted by atomic mass is 10.0. The van der Waals surface area contributed by atoms with Gasteiger partial charge in [-0.3, -0.25) is 9.59 Å². The van der Waals surface area contributed by atoms with Crippen LogP contribution in [0.5, 0.6) is 0 Å². The van der Waals surface area contributed by atoms with Gasteiger partial charge in [0.2, 0.25) is 11.3 Å². The molecule has 0 saturated heterocycles. The van der Waals surface area contributed by atoms with E-state index >= 15 is 0 Å². The highest BCUT2D eigenvalue weighted by Crippen LogP contribution is 2.19. The first kappa shape index (κ1) is 19.3. The lowest BCUT2D eigenvalue weighted by Gasteiger charge is -2.12. The van der Waals surface area contributed by atoms with Gasteiger partial charge in [-0.15, -0.1) is 0 Å². The molecule has 3 N–H and O–H groups in total. The van der Waals surface area contributed by atoms with Crippen molar-refractivity contribution < 1.29 is 19.8 Å². The van der Waals surface area contributed by atoms with Gasteiger partial charge in [-0.2, -0.15) is 0 Å². The first-order valence-electron chi connectivity index (χ1n) is 8.76. The third kappa shape index (κ3) is 4.10. The first-order chi connectivity index (χ1) is 13.4. The summed E-state index contributed by atoms with van der Waals surface area (Å²) < 4.78 is 1.57. The molecule has 0 saturated carbocycles. The maximum atomic E-state index is 12.6. The number of pyridine rings is 1. The summed E-state index contributed by atoms with van der Waals surface area (Å²) in [5.41, 5.74) is 2.15. The van der Waals surface area contributed by atoms with Crippen LogP contribution in [0, 0.1) is 0 Å². The van der Waals surface area contributed by atoms with Crippen LogP contribution in [0.1, 0.15) is 28.4 Å². The second kappa shape index (κ2) is 8.06. The molecule has 2 aromatic carbocycles. The maximum Gasteiger partial charge on any atom is 0.341 e. The molecule has 0 aliphatic heterocycles. The number of aromatic nitrogens is 1. The van der Waals surface area contributed by atoms with Gasteiger partial charge in [-0.05, 0) is 41.8 Å². The van der Waals surface area contributed by atoms with Crippen molar-refractivity contribution >= 4 is 28.5 Å². The zero-order valence-corrected chi connectivity index (χ0v) is 15.3. The number of fused-ring (bicyclic) bond motifs is 1. The fourth-order valence-corrected chi connectivity index (χ4v) is 3.20. The Labute approximate surface area is 160 Å². The van der Waals surface area contributed by atoms with Crippen molar-refractivity contribution in [2.24, 2.45) is 0 Å². The van der Waals surface area contributed by atoms with Gasteiger partial charge in [-0.25, -0.2) is 4.79 Å². The highest BCUT2D eigenvalue weighted by atomic mass is 16.4. The van der Waals surface area contributed by atoms with E-state index in [0.29, 0.717) is 23.0 Å². The van der Waals surface area contributed by atoms with Crippen LogP contribution in [0.15, 0.2) is 53.5 Å². The van der Waals surface area contributed by atoms with Crippen molar-refractivity contribution in [3.8, 4) is 0 Å². The summed E-state index contributed by atoms with van der Waals surface area (Å²) in [4.78, 5) is 35.2. The van der Waals surface area contributed by atoms with E-state index in [-0.39, 0.29) is 24.6 Å². The number of aliphatic hydroxyl groups excluding tert-OH is 1. The number of carbonyl (C=O) groups excluding carboxylic acids is 1. The monoisotopic (exact) mass is 380 g/mol. The van der Waals surface area contributed by atoms with Crippen LogP contribution in [-0.4, -0.2) is 33.3 Å². The lowest BCUT2D eigenvalue weighted by molar-refractivity contribution is -0.114. The predicted molar refractivity (Wildman–Crippen MR) is 106 cm³/mol. The molecule has 0 aliphatic rings. The highest BCUT2D eigenvalue weighted by molar-refractivity contribution is 5.92. The van der Waals surface area contributed by atoms with Crippen LogP contribution < -0.4 is 10.7 Å². The Hall–Kier alpha value is -3.45. The second-order valence-electron chi connectivity index (χ2n) is 6.50. The predicted octanol–water partition coefficient (Wildman–Crippen LogP) is 2.24. The number of nitrogens with one attached hydrogen (secondary N) is 1. The lowest BCUT2D eigenvalue weighted by Crippen LogP contribution is -2.19. The van der Waals surface area contributed by atoms with Gasteiger partial charge in [0.05, 0.1) is 12.1 Å². The van der Waals surface area contributed by atoms with Crippen LogP contribution in [0.3, 0.4) is 0 Å². The van der Waals surface area contributed by atoms with Crippen molar-refractivity contribution in [3.05, 3.63) is 75.6 Å². The van der Waals surface area contributed by atoms with E-state index in [0.717, 1.165) is 11.1 Å². The van der Waals surface area contributed by atoms with Crippen LogP contribution in [0.2, 0.25) is 0 Å². The zero-order valence-electron chi connectivity index (χ0n) is 15.3. The number of nitrogens with zero attached hydrogens (tertiary/aromatic N) is 1. The normalized spacial score (nSPS) is 10.8. The number of rotatable bonds is 6. The average molecular weight is 380 g/mol. The molecule has 0 fully saturated rings. The number of aliphatic hydroxyl groups is 1. The molecule has 3 rings (SSSR count). The SMILES string of the molecule is CC(=O)Nc1cccc(Cc2ccc3c(c2)c(=O)c(C(=O)O)cn3CCO)c1. The molecule has 1 aromatic heterocycles. The van der Waals surface area contributed by atoms with E-state index in [1.54, 1.807) is 22.8 Å². The molecular formula is C21H20N2O5. The quantitative estimate of drug-likeness (QED) is 0.608. The van der Waals surface area contributed by atoms with Crippen LogP contribution in [0.4, 0.5) is 5.69 Å². The van der Waals surface area contributed by atoms with Crippen molar-refractivity contribution in [1.82, 2.24) is 4.57 Å². The summed E-state index contributed by atoms with van der Waals surface area (Å²) in [6.45, 7) is 1.46.